The van der Waals surface area contributed by atoms with Crippen molar-refractivity contribution in [3.63, 3.8) is 0 Å². The Morgan fingerprint density at radius 1 is 1.25 bits per heavy atom. The zero-order valence-electron chi connectivity index (χ0n) is 12.1. The standard InChI is InChI=1S/C16H21N3O/c1-11-5-3-8-14-15(11)17-10-18-16(14)19-12-6-4-7-13(9-12)20-2/h3,5,8,10,12-13H,4,6-7,9H2,1-2H3,(H,17,18,19). The van der Waals surface area contributed by atoms with Gasteiger partial charge in [0.1, 0.15) is 12.1 Å². The van der Waals surface area contributed by atoms with Crippen molar-refractivity contribution >= 4 is 16.7 Å². The van der Waals surface area contributed by atoms with Crippen LogP contribution in [0.25, 0.3) is 10.9 Å². The quantitative estimate of drug-likeness (QED) is 0.930. The molecule has 2 unspecified atom stereocenters. The van der Waals surface area contributed by atoms with Crippen molar-refractivity contribution in [2.45, 2.75) is 44.8 Å². The minimum Gasteiger partial charge on any atom is -0.381 e. The molecule has 4 nitrogen and oxygen atoms in total. The van der Waals surface area contributed by atoms with Crippen molar-refractivity contribution in [2.24, 2.45) is 0 Å². The third-order valence-corrected chi connectivity index (χ3v) is 4.17. The molecule has 20 heavy (non-hydrogen) atoms. The molecule has 0 radical (unpaired) electrons. The maximum Gasteiger partial charge on any atom is 0.137 e. The molecule has 1 aromatic heterocycles. The van der Waals surface area contributed by atoms with Gasteiger partial charge in [0.05, 0.1) is 11.6 Å². The highest BCUT2D eigenvalue weighted by Crippen LogP contribution is 2.27. The highest BCUT2D eigenvalue weighted by molar-refractivity contribution is 5.90. The van der Waals surface area contributed by atoms with E-state index in [1.807, 2.05) is 0 Å². The van der Waals surface area contributed by atoms with Crippen molar-refractivity contribution in [1.29, 1.82) is 0 Å². The highest BCUT2D eigenvalue weighted by Gasteiger charge is 2.22. The van der Waals surface area contributed by atoms with Gasteiger partial charge in [0.25, 0.3) is 0 Å². The lowest BCUT2D eigenvalue weighted by Gasteiger charge is -2.29. The van der Waals surface area contributed by atoms with Crippen LogP contribution in [-0.2, 0) is 4.74 Å². The molecule has 1 aliphatic rings. The maximum atomic E-state index is 5.49. The Balaban J connectivity index is 1.86. The summed E-state index contributed by atoms with van der Waals surface area (Å²) in [4.78, 5) is 8.82. The Morgan fingerprint density at radius 2 is 2.15 bits per heavy atom. The molecule has 106 valence electrons. The van der Waals surface area contributed by atoms with Gasteiger partial charge >= 0.3 is 0 Å². The van der Waals surface area contributed by atoms with E-state index in [9.17, 15) is 0 Å². The zero-order valence-corrected chi connectivity index (χ0v) is 12.1. The van der Waals surface area contributed by atoms with E-state index in [4.69, 9.17) is 4.74 Å². The molecule has 1 aliphatic carbocycles. The minimum atomic E-state index is 0.371. The van der Waals surface area contributed by atoms with Crippen LogP contribution in [0, 0.1) is 6.92 Å². The van der Waals surface area contributed by atoms with Crippen LogP contribution in [0.15, 0.2) is 24.5 Å². The van der Waals surface area contributed by atoms with E-state index < -0.39 is 0 Å². The van der Waals surface area contributed by atoms with Gasteiger partial charge < -0.3 is 10.1 Å². The molecule has 1 fully saturated rings. The Labute approximate surface area is 119 Å². The number of rotatable bonds is 3. The van der Waals surface area contributed by atoms with E-state index in [0.717, 1.165) is 29.6 Å². The monoisotopic (exact) mass is 271 g/mol. The fraction of sp³-hybridized carbons (Fsp3) is 0.500. The summed E-state index contributed by atoms with van der Waals surface area (Å²) in [6, 6.07) is 6.67. The van der Waals surface area contributed by atoms with Gasteiger partial charge in [-0.05, 0) is 44.2 Å². The molecule has 2 aromatic rings. The lowest BCUT2D eigenvalue weighted by atomic mass is 9.93. The molecule has 2 atom stereocenters. The van der Waals surface area contributed by atoms with Crippen molar-refractivity contribution < 1.29 is 4.74 Å². The minimum absolute atomic E-state index is 0.371. The van der Waals surface area contributed by atoms with Gasteiger partial charge in [-0.2, -0.15) is 0 Å². The Hall–Kier alpha value is -1.68. The van der Waals surface area contributed by atoms with Gasteiger partial charge in [-0.3, -0.25) is 0 Å². The Bertz CT molecular complexity index is 599. The number of para-hydroxylation sites is 1. The second-order valence-electron chi connectivity index (χ2n) is 5.56. The summed E-state index contributed by atoms with van der Waals surface area (Å²) >= 11 is 0. The summed E-state index contributed by atoms with van der Waals surface area (Å²) in [5, 5.41) is 4.69. The number of nitrogens with one attached hydrogen (secondary N) is 1. The van der Waals surface area contributed by atoms with Crippen molar-refractivity contribution in [1.82, 2.24) is 9.97 Å². The number of fused-ring (bicyclic) bond motifs is 1. The molecule has 1 heterocycles. The predicted octanol–water partition coefficient (Wildman–Crippen LogP) is 3.31. The molecule has 0 spiro atoms. The van der Waals surface area contributed by atoms with Crippen LogP contribution >= 0.6 is 0 Å². The molecule has 0 aliphatic heterocycles. The van der Waals surface area contributed by atoms with Gasteiger partial charge in [-0.1, -0.05) is 12.1 Å². The first-order valence-corrected chi connectivity index (χ1v) is 7.27. The fourth-order valence-corrected chi connectivity index (χ4v) is 3.03. The lowest BCUT2D eigenvalue weighted by molar-refractivity contribution is 0.0669. The molecule has 4 heteroatoms. The van der Waals surface area contributed by atoms with Crippen LogP contribution in [0.4, 0.5) is 5.82 Å². The van der Waals surface area contributed by atoms with E-state index in [-0.39, 0.29) is 0 Å². The third-order valence-electron chi connectivity index (χ3n) is 4.17. The first-order chi connectivity index (χ1) is 9.78. The average Bonchev–Trinajstić information content (AvgIpc) is 2.49. The third kappa shape index (κ3) is 2.61. The Morgan fingerprint density at radius 3 is 3.00 bits per heavy atom. The topological polar surface area (TPSA) is 47.0 Å². The van der Waals surface area contributed by atoms with Crippen molar-refractivity contribution in [3.05, 3.63) is 30.1 Å². The van der Waals surface area contributed by atoms with Crippen LogP contribution in [0.5, 0.6) is 0 Å². The fourth-order valence-electron chi connectivity index (χ4n) is 3.03. The summed E-state index contributed by atoms with van der Waals surface area (Å²) in [6.07, 6.45) is 6.62. The molecule has 0 bridgehead atoms. The van der Waals surface area contributed by atoms with E-state index in [2.05, 4.69) is 40.4 Å². The largest absolute Gasteiger partial charge is 0.381 e. The molecule has 0 amide bonds. The first kappa shape index (κ1) is 13.3. The highest BCUT2D eigenvalue weighted by atomic mass is 16.5. The number of aryl methyl sites for hydroxylation is 1. The summed E-state index contributed by atoms with van der Waals surface area (Å²) in [5.41, 5.74) is 2.22. The second kappa shape index (κ2) is 5.75. The number of benzene rings is 1. The molecule has 1 aromatic carbocycles. The number of anilines is 1. The number of hydrogen-bond donors (Lipinski definition) is 1. The van der Waals surface area contributed by atoms with Crippen LogP contribution in [-0.4, -0.2) is 29.2 Å². The van der Waals surface area contributed by atoms with Gasteiger partial charge in [0.2, 0.25) is 0 Å². The average molecular weight is 271 g/mol. The number of methoxy groups -OCH3 is 1. The van der Waals surface area contributed by atoms with Crippen LogP contribution in [0.2, 0.25) is 0 Å². The summed E-state index contributed by atoms with van der Waals surface area (Å²) in [5.74, 6) is 0.945. The smallest absolute Gasteiger partial charge is 0.137 e. The first-order valence-electron chi connectivity index (χ1n) is 7.27. The SMILES string of the molecule is COC1CCCC(Nc2ncnc3c(C)cccc23)C1. The van der Waals surface area contributed by atoms with Crippen LogP contribution < -0.4 is 5.32 Å². The lowest BCUT2D eigenvalue weighted by Crippen LogP contribution is -2.31. The maximum absolute atomic E-state index is 5.49. The van der Waals surface area contributed by atoms with Crippen LogP contribution in [0.3, 0.4) is 0 Å². The molecule has 1 N–H and O–H groups in total. The number of ether oxygens (including phenoxy) is 1. The molecule has 3 rings (SSSR count). The van der Waals surface area contributed by atoms with Gasteiger partial charge in [0, 0.05) is 18.5 Å². The van der Waals surface area contributed by atoms with Crippen molar-refractivity contribution in [2.75, 3.05) is 12.4 Å². The number of nitrogens with zero attached hydrogens (tertiary/aromatic N) is 2. The summed E-state index contributed by atoms with van der Waals surface area (Å²) in [7, 11) is 1.80. The summed E-state index contributed by atoms with van der Waals surface area (Å²) < 4.78 is 5.49. The Kier molecular flexibility index (Phi) is 3.83. The second-order valence-corrected chi connectivity index (χ2v) is 5.56. The summed E-state index contributed by atoms with van der Waals surface area (Å²) in [6.45, 7) is 2.08. The normalized spacial score (nSPS) is 22.9. The van der Waals surface area contributed by atoms with Crippen LogP contribution in [0.1, 0.15) is 31.2 Å². The predicted molar refractivity (Wildman–Crippen MR) is 81.0 cm³/mol. The van der Waals surface area contributed by atoms with E-state index in [0.29, 0.717) is 12.1 Å². The number of hydrogen-bond acceptors (Lipinski definition) is 4. The van der Waals surface area contributed by atoms with Crippen molar-refractivity contribution in [3.8, 4) is 0 Å². The van der Waals surface area contributed by atoms with Gasteiger partial charge in [-0.15, -0.1) is 0 Å². The van der Waals surface area contributed by atoms with E-state index in [1.54, 1.807) is 13.4 Å². The molecular weight excluding hydrogens is 250 g/mol. The molecular formula is C16H21N3O. The van der Waals surface area contributed by atoms with Gasteiger partial charge in [0.15, 0.2) is 0 Å². The zero-order chi connectivity index (χ0) is 13.9. The van der Waals surface area contributed by atoms with E-state index >= 15 is 0 Å². The van der Waals surface area contributed by atoms with E-state index in [1.165, 1.54) is 18.4 Å². The number of aromatic nitrogens is 2. The molecule has 0 saturated heterocycles. The molecule has 1 saturated carbocycles. The van der Waals surface area contributed by atoms with Gasteiger partial charge in [-0.25, -0.2) is 9.97 Å².